The summed E-state index contributed by atoms with van der Waals surface area (Å²) in [5, 5.41) is 3.20. The molecule has 0 spiro atoms. The number of rotatable bonds is 5. The van der Waals surface area contributed by atoms with E-state index in [1.807, 2.05) is 42.5 Å². The Morgan fingerprint density at radius 3 is 2.52 bits per heavy atom. The number of amides is 1. The predicted molar refractivity (Wildman–Crippen MR) is 118 cm³/mol. The van der Waals surface area contributed by atoms with Crippen molar-refractivity contribution in [2.75, 3.05) is 16.8 Å². The lowest BCUT2D eigenvalue weighted by Gasteiger charge is -2.18. The summed E-state index contributed by atoms with van der Waals surface area (Å²) in [6.07, 6.45) is 9.14. The minimum Gasteiger partial charge on any atom is -0.457 e. The molecule has 0 fully saturated rings. The number of fused-ring (bicyclic) bond motifs is 1. The van der Waals surface area contributed by atoms with Gasteiger partial charge in [0.2, 0.25) is 0 Å². The van der Waals surface area contributed by atoms with Gasteiger partial charge in [-0.1, -0.05) is 6.07 Å². The number of carbonyl (C=O) groups is 1. The van der Waals surface area contributed by atoms with Crippen LogP contribution in [0.5, 0.6) is 11.5 Å². The van der Waals surface area contributed by atoms with Crippen molar-refractivity contribution in [1.82, 2.24) is 15.0 Å². The summed E-state index contributed by atoms with van der Waals surface area (Å²) in [6.45, 7) is 0.598. The average molecular weight is 409 g/mol. The van der Waals surface area contributed by atoms with E-state index in [1.54, 1.807) is 48.0 Å². The lowest BCUT2D eigenvalue weighted by atomic mass is 10.1. The molecule has 7 nitrogen and oxygen atoms in total. The van der Waals surface area contributed by atoms with Crippen molar-refractivity contribution < 1.29 is 9.53 Å². The Morgan fingerprint density at radius 1 is 0.935 bits per heavy atom. The van der Waals surface area contributed by atoms with E-state index >= 15 is 0 Å². The molecule has 1 amide bonds. The van der Waals surface area contributed by atoms with Crippen LogP contribution in [0.4, 0.5) is 17.2 Å². The van der Waals surface area contributed by atoms with Gasteiger partial charge in [0.1, 0.15) is 17.3 Å². The zero-order chi connectivity index (χ0) is 21.0. The van der Waals surface area contributed by atoms with E-state index in [-0.39, 0.29) is 5.91 Å². The maximum absolute atomic E-state index is 13.3. The van der Waals surface area contributed by atoms with Crippen LogP contribution in [0, 0.1) is 0 Å². The molecule has 4 aromatic rings. The van der Waals surface area contributed by atoms with Crippen LogP contribution in [0.3, 0.4) is 0 Å². The fourth-order valence-corrected chi connectivity index (χ4v) is 3.61. The molecule has 7 heteroatoms. The average Bonchev–Trinajstić information content (AvgIpc) is 3.25. The lowest BCUT2D eigenvalue weighted by molar-refractivity contribution is 0.0989. The van der Waals surface area contributed by atoms with Crippen molar-refractivity contribution in [2.45, 2.75) is 6.42 Å². The Kier molecular flexibility index (Phi) is 4.98. The van der Waals surface area contributed by atoms with Crippen LogP contribution >= 0.6 is 0 Å². The SMILES string of the molecule is O=C(c1ccnc(Nc2ccncc2)c1)N1CCc2c(Oc3ccncc3)cccc21. The molecule has 1 N–H and O–H groups in total. The Morgan fingerprint density at radius 2 is 1.71 bits per heavy atom. The lowest BCUT2D eigenvalue weighted by Crippen LogP contribution is -2.28. The molecular weight excluding hydrogens is 390 g/mol. The first-order valence-corrected chi connectivity index (χ1v) is 9.93. The maximum atomic E-state index is 13.3. The minimum absolute atomic E-state index is 0.0695. The van der Waals surface area contributed by atoms with Crippen LogP contribution in [0.2, 0.25) is 0 Å². The van der Waals surface area contributed by atoms with Crippen molar-refractivity contribution in [3.8, 4) is 11.5 Å². The molecule has 0 saturated carbocycles. The molecule has 0 unspecified atom stereocenters. The molecule has 0 atom stereocenters. The molecule has 1 aromatic carbocycles. The first-order chi connectivity index (χ1) is 15.3. The molecule has 4 heterocycles. The topological polar surface area (TPSA) is 80.2 Å². The number of hydrogen-bond donors (Lipinski definition) is 1. The molecule has 0 radical (unpaired) electrons. The second-order valence-corrected chi connectivity index (χ2v) is 7.04. The van der Waals surface area contributed by atoms with Crippen LogP contribution in [-0.4, -0.2) is 27.4 Å². The smallest absolute Gasteiger partial charge is 0.258 e. The van der Waals surface area contributed by atoms with E-state index < -0.39 is 0 Å². The third-order valence-corrected chi connectivity index (χ3v) is 5.07. The molecule has 0 bridgehead atoms. The monoisotopic (exact) mass is 409 g/mol. The fraction of sp³-hybridized carbons (Fsp3) is 0.0833. The van der Waals surface area contributed by atoms with Crippen molar-refractivity contribution in [3.63, 3.8) is 0 Å². The van der Waals surface area contributed by atoms with E-state index in [9.17, 15) is 4.79 Å². The van der Waals surface area contributed by atoms with Gasteiger partial charge in [0.05, 0.1) is 5.69 Å². The molecule has 1 aliphatic heterocycles. The van der Waals surface area contributed by atoms with Gasteiger partial charge in [-0.15, -0.1) is 0 Å². The second kappa shape index (κ2) is 8.23. The van der Waals surface area contributed by atoms with Crippen LogP contribution in [0.1, 0.15) is 15.9 Å². The number of ether oxygens (including phenoxy) is 1. The maximum Gasteiger partial charge on any atom is 0.258 e. The zero-order valence-corrected chi connectivity index (χ0v) is 16.6. The number of nitrogens with one attached hydrogen (secondary N) is 1. The standard InChI is InChI=1S/C24H19N5O2/c30-24(17-4-14-27-23(16-17)28-18-5-10-25-11-6-18)29-15-9-20-21(29)2-1-3-22(20)31-19-7-12-26-13-8-19/h1-8,10-14,16H,9,15H2,(H,25,27,28). The van der Waals surface area contributed by atoms with Crippen molar-refractivity contribution >= 4 is 23.1 Å². The van der Waals surface area contributed by atoms with Gasteiger partial charge in [-0.3, -0.25) is 14.8 Å². The number of anilines is 3. The number of aromatic nitrogens is 3. The summed E-state index contributed by atoms with van der Waals surface area (Å²) in [4.78, 5) is 27.4. The van der Waals surface area contributed by atoms with Gasteiger partial charge in [0.15, 0.2) is 0 Å². The van der Waals surface area contributed by atoms with Crippen LogP contribution in [-0.2, 0) is 6.42 Å². The van der Waals surface area contributed by atoms with Gasteiger partial charge in [-0.25, -0.2) is 4.98 Å². The predicted octanol–water partition coefficient (Wildman–Crippen LogP) is 4.61. The summed E-state index contributed by atoms with van der Waals surface area (Å²) >= 11 is 0. The van der Waals surface area contributed by atoms with E-state index in [0.717, 1.165) is 29.1 Å². The van der Waals surface area contributed by atoms with Crippen LogP contribution in [0.25, 0.3) is 0 Å². The molecule has 31 heavy (non-hydrogen) atoms. The Balaban J connectivity index is 1.39. The number of benzene rings is 1. The Labute approximate surface area is 179 Å². The summed E-state index contributed by atoms with van der Waals surface area (Å²) in [5.41, 5.74) is 3.32. The number of pyridine rings is 3. The van der Waals surface area contributed by atoms with Gasteiger partial charge in [0.25, 0.3) is 5.91 Å². The largest absolute Gasteiger partial charge is 0.457 e. The van der Waals surface area contributed by atoms with Gasteiger partial charge >= 0.3 is 0 Å². The summed E-state index contributed by atoms with van der Waals surface area (Å²) in [5.74, 6) is 2.01. The van der Waals surface area contributed by atoms with Gasteiger partial charge in [-0.2, -0.15) is 0 Å². The molecule has 0 aliphatic carbocycles. The van der Waals surface area contributed by atoms with E-state index in [4.69, 9.17) is 4.74 Å². The van der Waals surface area contributed by atoms with Gasteiger partial charge < -0.3 is 15.0 Å². The highest BCUT2D eigenvalue weighted by Gasteiger charge is 2.28. The Bertz CT molecular complexity index is 1220. The number of nitrogens with zero attached hydrogens (tertiary/aromatic N) is 4. The highest BCUT2D eigenvalue weighted by Crippen LogP contribution is 2.37. The highest BCUT2D eigenvalue weighted by molar-refractivity contribution is 6.07. The molecule has 5 rings (SSSR count). The molecule has 3 aromatic heterocycles. The fourth-order valence-electron chi connectivity index (χ4n) is 3.61. The molecule has 1 aliphatic rings. The first-order valence-electron chi connectivity index (χ1n) is 9.93. The number of carbonyl (C=O) groups excluding carboxylic acids is 1. The quantitative estimate of drug-likeness (QED) is 0.518. The van der Waals surface area contributed by atoms with Crippen molar-refractivity contribution in [2.24, 2.45) is 0 Å². The van der Waals surface area contributed by atoms with Gasteiger partial charge in [0, 0.05) is 54.3 Å². The van der Waals surface area contributed by atoms with Crippen LogP contribution in [0.15, 0.2) is 85.6 Å². The molecule has 152 valence electrons. The van der Waals surface area contributed by atoms with Crippen molar-refractivity contribution in [1.29, 1.82) is 0 Å². The third kappa shape index (κ3) is 3.93. The van der Waals surface area contributed by atoms with Crippen molar-refractivity contribution in [3.05, 3.63) is 96.7 Å². The van der Waals surface area contributed by atoms with Crippen LogP contribution < -0.4 is 15.0 Å². The van der Waals surface area contributed by atoms with E-state index in [2.05, 4.69) is 20.3 Å². The summed E-state index contributed by atoms with van der Waals surface area (Å²) < 4.78 is 6.04. The third-order valence-electron chi connectivity index (χ3n) is 5.07. The zero-order valence-electron chi connectivity index (χ0n) is 16.6. The summed E-state index contributed by atoms with van der Waals surface area (Å²) in [7, 11) is 0. The van der Waals surface area contributed by atoms with Gasteiger partial charge in [-0.05, 0) is 55.0 Å². The van der Waals surface area contributed by atoms with E-state index in [0.29, 0.717) is 23.7 Å². The van der Waals surface area contributed by atoms with E-state index in [1.165, 1.54) is 0 Å². The first kappa shape index (κ1) is 18.7. The molecule has 0 saturated heterocycles. The Hall–Kier alpha value is -4.26. The summed E-state index contributed by atoms with van der Waals surface area (Å²) in [6, 6.07) is 16.6. The second-order valence-electron chi connectivity index (χ2n) is 7.04. The number of hydrogen-bond acceptors (Lipinski definition) is 6. The minimum atomic E-state index is -0.0695. The molecular formula is C24H19N5O2. The normalized spacial score (nSPS) is 12.3. The highest BCUT2D eigenvalue weighted by atomic mass is 16.5.